The topological polar surface area (TPSA) is 69.6 Å². The Balaban J connectivity index is 2.04. The highest BCUT2D eigenvalue weighted by Gasteiger charge is 2.43. The van der Waals surface area contributed by atoms with Gasteiger partial charge in [0.1, 0.15) is 0 Å². The van der Waals surface area contributed by atoms with Crippen molar-refractivity contribution in [3.05, 3.63) is 0 Å². The minimum atomic E-state index is -0.742. The van der Waals surface area contributed by atoms with Crippen LogP contribution in [0.4, 0.5) is 0 Å². The molecule has 2 N–H and O–H groups in total. The first kappa shape index (κ1) is 15.3. The monoisotopic (exact) mass is 282 g/mol. The summed E-state index contributed by atoms with van der Waals surface area (Å²) in [6.45, 7) is 3.99. The van der Waals surface area contributed by atoms with Gasteiger partial charge in [-0.15, -0.1) is 0 Å². The Morgan fingerprint density at radius 2 is 2.15 bits per heavy atom. The molecule has 2 atom stereocenters. The van der Waals surface area contributed by atoms with Crippen molar-refractivity contribution in [2.24, 2.45) is 5.41 Å². The van der Waals surface area contributed by atoms with Gasteiger partial charge >= 0.3 is 5.97 Å². The molecule has 2 fully saturated rings. The van der Waals surface area contributed by atoms with Gasteiger partial charge in [-0.2, -0.15) is 0 Å². The van der Waals surface area contributed by atoms with Gasteiger partial charge in [0.25, 0.3) is 0 Å². The molecule has 2 saturated heterocycles. The normalized spacial score (nSPS) is 31.1. The molecule has 2 rings (SSSR count). The van der Waals surface area contributed by atoms with Gasteiger partial charge in [-0.25, -0.2) is 0 Å². The lowest BCUT2D eigenvalue weighted by atomic mass is 9.76. The van der Waals surface area contributed by atoms with Gasteiger partial charge in [-0.1, -0.05) is 19.8 Å². The van der Waals surface area contributed by atoms with E-state index >= 15 is 0 Å². The first-order valence-electron chi connectivity index (χ1n) is 7.84. The number of carbonyl (C=O) groups is 2. The smallest absolute Gasteiger partial charge is 0.311 e. The van der Waals surface area contributed by atoms with Gasteiger partial charge < -0.3 is 15.3 Å². The van der Waals surface area contributed by atoms with Gasteiger partial charge in [0.2, 0.25) is 5.91 Å². The Bertz CT molecular complexity index is 362. The van der Waals surface area contributed by atoms with Crippen LogP contribution >= 0.6 is 0 Å². The van der Waals surface area contributed by atoms with Crippen molar-refractivity contribution >= 4 is 11.9 Å². The number of aliphatic carboxylic acids is 1. The average Bonchev–Trinajstić information content (AvgIpc) is 2.48. The predicted molar refractivity (Wildman–Crippen MR) is 76.4 cm³/mol. The fourth-order valence-electron chi connectivity index (χ4n) is 3.57. The van der Waals surface area contributed by atoms with Crippen LogP contribution in [-0.2, 0) is 9.59 Å². The van der Waals surface area contributed by atoms with Crippen LogP contribution in [0.3, 0.4) is 0 Å². The lowest BCUT2D eigenvalue weighted by molar-refractivity contribution is -0.156. The van der Waals surface area contributed by atoms with Crippen LogP contribution in [0.15, 0.2) is 0 Å². The maximum absolute atomic E-state index is 12.5. The van der Waals surface area contributed by atoms with Crippen LogP contribution in [0.25, 0.3) is 0 Å². The molecule has 0 aromatic carbocycles. The number of nitrogens with one attached hydrogen (secondary N) is 1. The number of carbonyl (C=O) groups excluding carboxylic acids is 1. The highest BCUT2D eigenvalue weighted by molar-refractivity contribution is 5.83. The second kappa shape index (κ2) is 6.57. The van der Waals surface area contributed by atoms with Crippen molar-refractivity contribution in [1.29, 1.82) is 0 Å². The molecule has 2 aliphatic rings. The minimum Gasteiger partial charge on any atom is -0.481 e. The molecule has 114 valence electrons. The SMILES string of the molecule is CCCC1(C(=O)O)CCCN(C(=O)C2CCCCN2)C1. The second-order valence-corrected chi connectivity index (χ2v) is 6.20. The Morgan fingerprint density at radius 1 is 1.35 bits per heavy atom. The Morgan fingerprint density at radius 3 is 2.75 bits per heavy atom. The van der Waals surface area contributed by atoms with Gasteiger partial charge in [0.05, 0.1) is 11.5 Å². The van der Waals surface area contributed by atoms with Crippen molar-refractivity contribution in [2.75, 3.05) is 19.6 Å². The number of piperidine rings is 2. The maximum Gasteiger partial charge on any atom is 0.311 e. The Kier molecular flexibility index (Phi) is 5.02. The quantitative estimate of drug-likeness (QED) is 0.822. The fourth-order valence-corrected chi connectivity index (χ4v) is 3.57. The zero-order chi connectivity index (χ0) is 14.6. The maximum atomic E-state index is 12.5. The van der Waals surface area contributed by atoms with Crippen LogP contribution < -0.4 is 5.32 Å². The van der Waals surface area contributed by atoms with E-state index < -0.39 is 11.4 Å². The molecule has 0 radical (unpaired) electrons. The van der Waals surface area contributed by atoms with Crippen LogP contribution in [0.1, 0.15) is 51.9 Å². The third kappa shape index (κ3) is 3.14. The molecule has 1 amide bonds. The summed E-state index contributed by atoms with van der Waals surface area (Å²) >= 11 is 0. The van der Waals surface area contributed by atoms with Gasteiger partial charge in [-0.3, -0.25) is 9.59 Å². The van der Waals surface area contributed by atoms with Gasteiger partial charge in [-0.05, 0) is 38.6 Å². The molecule has 5 nitrogen and oxygen atoms in total. The summed E-state index contributed by atoms with van der Waals surface area (Å²) in [6.07, 6.45) is 6.07. The average molecular weight is 282 g/mol. The molecule has 2 aliphatic heterocycles. The number of rotatable bonds is 4. The standard InChI is InChI=1S/C15H26N2O3/c1-2-7-15(14(19)20)8-5-10-17(11-15)13(18)12-6-3-4-9-16-12/h12,16H,2-11H2,1H3,(H,19,20). The van der Waals surface area contributed by atoms with Crippen molar-refractivity contribution < 1.29 is 14.7 Å². The van der Waals surface area contributed by atoms with E-state index in [0.717, 1.165) is 38.6 Å². The van der Waals surface area contributed by atoms with E-state index in [4.69, 9.17) is 0 Å². The summed E-state index contributed by atoms with van der Waals surface area (Å²) in [5, 5.41) is 12.8. The van der Waals surface area contributed by atoms with Gasteiger partial charge in [0.15, 0.2) is 0 Å². The molecule has 2 heterocycles. The summed E-state index contributed by atoms with van der Waals surface area (Å²) in [4.78, 5) is 26.0. The summed E-state index contributed by atoms with van der Waals surface area (Å²) in [7, 11) is 0. The molecular formula is C15H26N2O3. The molecule has 2 unspecified atom stereocenters. The Labute approximate surface area is 120 Å². The van der Waals surface area contributed by atoms with Crippen LogP contribution in [-0.4, -0.2) is 47.6 Å². The summed E-state index contributed by atoms with van der Waals surface area (Å²) in [6, 6.07) is -0.102. The first-order valence-corrected chi connectivity index (χ1v) is 7.84. The molecule has 20 heavy (non-hydrogen) atoms. The third-order valence-electron chi connectivity index (χ3n) is 4.68. The molecular weight excluding hydrogens is 256 g/mol. The summed E-state index contributed by atoms with van der Waals surface area (Å²) in [5.74, 6) is -0.639. The van der Waals surface area contributed by atoms with Crippen molar-refractivity contribution in [1.82, 2.24) is 10.2 Å². The molecule has 0 aromatic rings. The third-order valence-corrected chi connectivity index (χ3v) is 4.68. The molecule has 0 spiro atoms. The number of amides is 1. The van der Waals surface area contributed by atoms with E-state index in [1.165, 1.54) is 0 Å². The number of nitrogens with zero attached hydrogens (tertiary/aromatic N) is 1. The highest BCUT2D eigenvalue weighted by atomic mass is 16.4. The van der Waals surface area contributed by atoms with Crippen LogP contribution in [0.2, 0.25) is 0 Å². The molecule has 0 aliphatic carbocycles. The van der Waals surface area contributed by atoms with Crippen molar-refractivity contribution in [3.8, 4) is 0 Å². The number of hydrogen-bond donors (Lipinski definition) is 2. The number of carboxylic acid groups (broad SMARTS) is 1. The van der Waals surface area contributed by atoms with E-state index in [1.807, 2.05) is 6.92 Å². The highest BCUT2D eigenvalue weighted by Crippen LogP contribution is 2.35. The van der Waals surface area contributed by atoms with Crippen LogP contribution in [0, 0.1) is 5.41 Å². The zero-order valence-electron chi connectivity index (χ0n) is 12.4. The van der Waals surface area contributed by atoms with Crippen molar-refractivity contribution in [2.45, 2.75) is 57.9 Å². The van der Waals surface area contributed by atoms with E-state index in [1.54, 1.807) is 4.90 Å². The predicted octanol–water partition coefficient (Wildman–Crippen LogP) is 1.62. The zero-order valence-corrected chi connectivity index (χ0v) is 12.4. The molecule has 0 bridgehead atoms. The Hall–Kier alpha value is -1.10. The van der Waals surface area contributed by atoms with Crippen LogP contribution in [0.5, 0.6) is 0 Å². The minimum absolute atomic E-state index is 0.102. The fraction of sp³-hybridized carbons (Fsp3) is 0.867. The molecule has 0 saturated carbocycles. The lowest BCUT2D eigenvalue weighted by Crippen LogP contribution is -2.55. The van der Waals surface area contributed by atoms with Crippen molar-refractivity contribution in [3.63, 3.8) is 0 Å². The van der Waals surface area contributed by atoms with E-state index in [9.17, 15) is 14.7 Å². The first-order chi connectivity index (χ1) is 9.59. The summed E-state index contributed by atoms with van der Waals surface area (Å²) in [5.41, 5.74) is -0.725. The van der Waals surface area contributed by atoms with E-state index in [2.05, 4.69) is 5.32 Å². The lowest BCUT2D eigenvalue weighted by Gasteiger charge is -2.41. The summed E-state index contributed by atoms with van der Waals surface area (Å²) < 4.78 is 0. The second-order valence-electron chi connectivity index (χ2n) is 6.20. The number of hydrogen-bond acceptors (Lipinski definition) is 3. The number of carboxylic acids is 1. The van der Waals surface area contributed by atoms with E-state index in [-0.39, 0.29) is 11.9 Å². The van der Waals surface area contributed by atoms with Gasteiger partial charge in [0, 0.05) is 13.1 Å². The number of likely N-dealkylation sites (tertiary alicyclic amines) is 1. The largest absolute Gasteiger partial charge is 0.481 e. The van der Waals surface area contributed by atoms with E-state index in [0.29, 0.717) is 25.9 Å². The molecule has 5 heteroatoms. The molecule has 0 aromatic heterocycles.